The molecule has 0 aromatic carbocycles. The molecule has 0 saturated heterocycles. The smallest absolute Gasteiger partial charge is 0.329 e. The van der Waals surface area contributed by atoms with Crippen LogP contribution < -0.4 is 0 Å². The molecular weight excluding hydrogens is 282 g/mol. The van der Waals surface area contributed by atoms with E-state index < -0.39 is 33.5 Å². The van der Waals surface area contributed by atoms with Gasteiger partial charge in [0, 0.05) is 5.25 Å². The third kappa shape index (κ3) is 3.18. The predicted octanol–water partition coefficient (Wildman–Crippen LogP) is 4.20. The molecule has 0 aromatic rings. The molecule has 0 radical (unpaired) electrons. The highest BCUT2D eigenvalue weighted by molar-refractivity contribution is 8.01. The molecule has 6 heteroatoms. The number of carboxylic acid groups (broad SMARTS) is 1. The van der Waals surface area contributed by atoms with Crippen molar-refractivity contribution in [2.45, 2.75) is 38.2 Å². The number of allylic oxidation sites excluding steroid dienone is 1. The van der Waals surface area contributed by atoms with E-state index in [2.05, 4.69) is 0 Å². The van der Waals surface area contributed by atoms with Gasteiger partial charge < -0.3 is 5.11 Å². The van der Waals surface area contributed by atoms with Crippen molar-refractivity contribution in [2.24, 2.45) is 17.3 Å². The fourth-order valence-electron chi connectivity index (χ4n) is 2.07. The number of carboxylic acids is 1. The second-order valence-corrected chi connectivity index (χ2v) is 7.46. The highest BCUT2D eigenvalue weighted by Crippen LogP contribution is 2.60. The predicted molar refractivity (Wildman–Crippen MR) is 70.0 cm³/mol. The van der Waals surface area contributed by atoms with Crippen molar-refractivity contribution in [3.8, 4) is 0 Å². The Balaban J connectivity index is 2.82. The van der Waals surface area contributed by atoms with Crippen molar-refractivity contribution < 1.29 is 18.7 Å². The summed E-state index contributed by atoms with van der Waals surface area (Å²) in [7, 11) is 0. The Labute approximate surface area is 115 Å². The summed E-state index contributed by atoms with van der Waals surface area (Å²) < 4.78 is 27.3. The van der Waals surface area contributed by atoms with Gasteiger partial charge in [-0.05, 0) is 11.3 Å². The normalized spacial score (nSPS) is 27.4. The average Bonchev–Trinajstić information content (AvgIpc) is 2.65. The van der Waals surface area contributed by atoms with Crippen LogP contribution in [0.2, 0.25) is 0 Å². The Bertz CT molecular complexity index is 380. The quantitative estimate of drug-likeness (QED) is 0.826. The first-order chi connectivity index (χ1) is 8.00. The number of halogens is 3. The minimum absolute atomic E-state index is 0.260. The van der Waals surface area contributed by atoms with Crippen molar-refractivity contribution in [3.05, 3.63) is 11.1 Å². The summed E-state index contributed by atoms with van der Waals surface area (Å²) >= 11 is 6.11. The molecule has 1 aliphatic rings. The first kappa shape index (κ1) is 15.8. The van der Waals surface area contributed by atoms with Gasteiger partial charge in [-0.25, -0.2) is 0 Å². The zero-order valence-corrected chi connectivity index (χ0v) is 12.3. The second kappa shape index (κ2) is 5.00. The van der Waals surface area contributed by atoms with Gasteiger partial charge in [0.2, 0.25) is 0 Å². The molecule has 2 nitrogen and oxygen atoms in total. The fourth-order valence-corrected chi connectivity index (χ4v) is 3.11. The van der Waals surface area contributed by atoms with Crippen molar-refractivity contribution in [2.75, 3.05) is 0 Å². The van der Waals surface area contributed by atoms with Crippen molar-refractivity contribution in [1.82, 2.24) is 0 Å². The minimum Gasteiger partial charge on any atom is -0.481 e. The lowest BCUT2D eigenvalue weighted by molar-refractivity contribution is -0.139. The van der Waals surface area contributed by atoms with Crippen molar-refractivity contribution in [1.29, 1.82) is 0 Å². The molecule has 0 bridgehead atoms. The summed E-state index contributed by atoms with van der Waals surface area (Å²) in [5.41, 5.74) is -0.509. The number of alkyl halides is 2. The molecule has 1 aliphatic carbocycles. The van der Waals surface area contributed by atoms with Crippen LogP contribution in [0.15, 0.2) is 11.1 Å². The van der Waals surface area contributed by atoms with Crippen LogP contribution in [0.5, 0.6) is 0 Å². The van der Waals surface area contributed by atoms with Crippen LogP contribution in [0, 0.1) is 17.3 Å². The Hall–Kier alpha value is -0.290. The Morgan fingerprint density at radius 2 is 2.00 bits per heavy atom. The molecule has 0 spiro atoms. The van der Waals surface area contributed by atoms with E-state index in [0.29, 0.717) is 11.8 Å². The van der Waals surface area contributed by atoms with Crippen LogP contribution in [-0.4, -0.2) is 21.6 Å². The molecule has 0 aromatic heterocycles. The SMILES string of the molecule is CC(C)SC(F)(F)C(Cl)=CC1C(C(=O)O)C1(C)C. The zero-order valence-electron chi connectivity index (χ0n) is 10.7. The van der Waals surface area contributed by atoms with E-state index in [1.807, 2.05) is 0 Å². The number of hydrogen-bond acceptors (Lipinski definition) is 2. The lowest BCUT2D eigenvalue weighted by atomic mass is 10.1. The van der Waals surface area contributed by atoms with E-state index in [0.717, 1.165) is 0 Å². The van der Waals surface area contributed by atoms with E-state index in [1.165, 1.54) is 6.08 Å². The highest BCUT2D eigenvalue weighted by Gasteiger charge is 2.61. The molecule has 1 saturated carbocycles. The zero-order chi connectivity index (χ0) is 14.3. The van der Waals surface area contributed by atoms with E-state index >= 15 is 0 Å². The van der Waals surface area contributed by atoms with Gasteiger partial charge in [0.15, 0.2) is 0 Å². The summed E-state index contributed by atoms with van der Waals surface area (Å²) in [4.78, 5) is 10.9. The van der Waals surface area contributed by atoms with Crippen LogP contribution in [0.1, 0.15) is 27.7 Å². The number of thioether (sulfide) groups is 1. The third-order valence-electron chi connectivity index (χ3n) is 3.16. The summed E-state index contributed by atoms with van der Waals surface area (Å²) in [5, 5.41) is 4.97. The standard InChI is InChI=1S/C12H17ClF2O2S/c1-6(2)18-12(14,15)8(13)5-7-9(10(16)17)11(7,3)4/h5-7,9H,1-4H3,(H,16,17). The number of carbonyl (C=O) groups is 1. The maximum absolute atomic E-state index is 13.7. The molecule has 18 heavy (non-hydrogen) atoms. The largest absolute Gasteiger partial charge is 0.481 e. The molecule has 1 fully saturated rings. The number of hydrogen-bond donors (Lipinski definition) is 1. The maximum atomic E-state index is 13.7. The van der Waals surface area contributed by atoms with Crippen LogP contribution in [-0.2, 0) is 4.79 Å². The van der Waals surface area contributed by atoms with Gasteiger partial charge in [-0.1, -0.05) is 57.1 Å². The monoisotopic (exact) mass is 298 g/mol. The van der Waals surface area contributed by atoms with E-state index in [-0.39, 0.29) is 5.25 Å². The minimum atomic E-state index is -3.16. The van der Waals surface area contributed by atoms with Crippen LogP contribution >= 0.6 is 23.4 Å². The maximum Gasteiger partial charge on any atom is 0.329 e. The molecule has 1 rings (SSSR count). The Morgan fingerprint density at radius 3 is 2.33 bits per heavy atom. The van der Waals surface area contributed by atoms with Crippen LogP contribution in [0.3, 0.4) is 0 Å². The Kier molecular flexibility index (Phi) is 4.38. The molecule has 2 atom stereocenters. The number of aliphatic carboxylic acids is 1. The third-order valence-corrected chi connectivity index (χ3v) is 4.63. The van der Waals surface area contributed by atoms with Gasteiger partial charge >= 0.3 is 11.2 Å². The fraction of sp³-hybridized carbons (Fsp3) is 0.750. The summed E-state index contributed by atoms with van der Waals surface area (Å²) in [6.45, 7) is 6.80. The van der Waals surface area contributed by atoms with E-state index in [1.54, 1.807) is 27.7 Å². The summed E-state index contributed by atoms with van der Waals surface area (Å²) in [6.07, 6.45) is 1.20. The van der Waals surface area contributed by atoms with Gasteiger partial charge in [0.1, 0.15) is 0 Å². The molecule has 0 amide bonds. The van der Waals surface area contributed by atoms with Gasteiger partial charge in [0.25, 0.3) is 0 Å². The molecule has 1 N–H and O–H groups in total. The van der Waals surface area contributed by atoms with Gasteiger partial charge in [-0.3, -0.25) is 4.79 Å². The molecule has 0 aliphatic heterocycles. The average molecular weight is 299 g/mol. The van der Waals surface area contributed by atoms with E-state index in [9.17, 15) is 13.6 Å². The van der Waals surface area contributed by atoms with Gasteiger partial charge in [0.05, 0.1) is 11.0 Å². The second-order valence-electron chi connectivity index (χ2n) is 5.36. The van der Waals surface area contributed by atoms with E-state index in [4.69, 9.17) is 16.7 Å². The first-order valence-corrected chi connectivity index (χ1v) is 6.92. The first-order valence-electron chi connectivity index (χ1n) is 5.66. The summed E-state index contributed by atoms with van der Waals surface area (Å²) in [5.74, 6) is -2.03. The lowest BCUT2D eigenvalue weighted by Gasteiger charge is -2.17. The van der Waals surface area contributed by atoms with Crippen LogP contribution in [0.25, 0.3) is 0 Å². The lowest BCUT2D eigenvalue weighted by Crippen LogP contribution is -2.14. The van der Waals surface area contributed by atoms with Gasteiger partial charge in [-0.2, -0.15) is 8.78 Å². The highest BCUT2D eigenvalue weighted by atomic mass is 35.5. The molecule has 0 heterocycles. The van der Waals surface area contributed by atoms with Crippen molar-refractivity contribution >= 4 is 29.3 Å². The summed E-state index contributed by atoms with van der Waals surface area (Å²) in [6, 6.07) is 0. The van der Waals surface area contributed by atoms with Gasteiger partial charge in [-0.15, -0.1) is 0 Å². The van der Waals surface area contributed by atoms with Crippen molar-refractivity contribution in [3.63, 3.8) is 0 Å². The molecule has 2 unspecified atom stereocenters. The topological polar surface area (TPSA) is 37.3 Å². The molecule has 104 valence electrons. The Morgan fingerprint density at radius 1 is 1.50 bits per heavy atom. The number of rotatable bonds is 5. The molecular formula is C12H17ClF2O2S. The van der Waals surface area contributed by atoms with Crippen LogP contribution in [0.4, 0.5) is 8.78 Å².